The monoisotopic (exact) mass is 344 g/mol. The molecule has 0 saturated carbocycles. The normalized spacial score (nSPS) is 10.5. The van der Waals surface area contributed by atoms with Crippen molar-refractivity contribution in [3.05, 3.63) is 47.3 Å². The van der Waals surface area contributed by atoms with E-state index in [0.29, 0.717) is 19.5 Å². The molecule has 134 valence electrons. The molecule has 1 aromatic heterocycles. The highest BCUT2D eigenvalue weighted by Gasteiger charge is 2.10. The fourth-order valence-corrected chi connectivity index (χ4v) is 2.59. The Balaban J connectivity index is 1.96. The third-order valence-corrected chi connectivity index (χ3v) is 3.77. The molecule has 0 aliphatic heterocycles. The summed E-state index contributed by atoms with van der Waals surface area (Å²) in [6.45, 7) is 4.76. The van der Waals surface area contributed by atoms with Gasteiger partial charge in [-0.25, -0.2) is 9.48 Å². The maximum absolute atomic E-state index is 12.1. The third kappa shape index (κ3) is 5.34. The van der Waals surface area contributed by atoms with Crippen molar-refractivity contribution < 1.29 is 14.7 Å². The van der Waals surface area contributed by atoms with Gasteiger partial charge in [-0.05, 0) is 44.0 Å². The maximum Gasteiger partial charge on any atom is 0.317 e. The number of nitrogens with zero attached hydrogens (tertiary/aromatic N) is 3. The zero-order chi connectivity index (χ0) is 18.4. The summed E-state index contributed by atoms with van der Waals surface area (Å²) >= 11 is 0. The van der Waals surface area contributed by atoms with Crippen molar-refractivity contribution >= 4 is 12.0 Å². The minimum absolute atomic E-state index is 0.0503. The number of urea groups is 1. The van der Waals surface area contributed by atoms with E-state index in [4.69, 9.17) is 5.11 Å². The Morgan fingerprint density at radius 3 is 2.68 bits per heavy atom. The predicted octanol–water partition coefficient (Wildman–Crippen LogP) is 2.50. The molecule has 25 heavy (non-hydrogen) atoms. The smallest absolute Gasteiger partial charge is 0.317 e. The van der Waals surface area contributed by atoms with Gasteiger partial charge in [0.1, 0.15) is 0 Å². The molecule has 0 atom stereocenters. The van der Waals surface area contributed by atoms with Gasteiger partial charge in [-0.2, -0.15) is 5.10 Å². The van der Waals surface area contributed by atoms with Crippen LogP contribution in [-0.4, -0.2) is 45.4 Å². The highest BCUT2D eigenvalue weighted by molar-refractivity contribution is 5.74. The Bertz CT molecular complexity index is 755. The fraction of sp³-hybridized carbons (Fsp3) is 0.389. The van der Waals surface area contributed by atoms with Crippen LogP contribution in [0.4, 0.5) is 4.79 Å². The second-order valence-corrected chi connectivity index (χ2v) is 6.09. The highest BCUT2D eigenvalue weighted by atomic mass is 16.4. The number of carbonyl (C=O) groups excluding carboxylic acids is 1. The van der Waals surface area contributed by atoms with Gasteiger partial charge in [-0.3, -0.25) is 4.79 Å². The molecule has 2 N–H and O–H groups in total. The van der Waals surface area contributed by atoms with Crippen molar-refractivity contribution in [1.82, 2.24) is 20.0 Å². The number of aliphatic carboxylic acids is 1. The first-order chi connectivity index (χ1) is 11.9. The quantitative estimate of drug-likeness (QED) is 0.756. The highest BCUT2D eigenvalue weighted by Crippen LogP contribution is 2.14. The van der Waals surface area contributed by atoms with Crippen molar-refractivity contribution in [2.24, 2.45) is 0 Å². The van der Waals surface area contributed by atoms with Crippen LogP contribution < -0.4 is 5.32 Å². The zero-order valence-corrected chi connectivity index (χ0v) is 14.8. The van der Waals surface area contributed by atoms with E-state index in [1.54, 1.807) is 11.9 Å². The molecule has 7 nitrogen and oxygen atoms in total. The average molecular weight is 344 g/mol. The van der Waals surface area contributed by atoms with E-state index in [0.717, 1.165) is 22.6 Å². The Kier molecular flexibility index (Phi) is 6.16. The summed E-state index contributed by atoms with van der Waals surface area (Å²) in [5, 5.41) is 15.8. The molecular weight excluding hydrogens is 320 g/mol. The van der Waals surface area contributed by atoms with Gasteiger partial charge in [0.2, 0.25) is 0 Å². The van der Waals surface area contributed by atoms with Gasteiger partial charge in [-0.15, -0.1) is 0 Å². The second-order valence-electron chi connectivity index (χ2n) is 6.09. The number of carbonyl (C=O) groups is 2. The van der Waals surface area contributed by atoms with Gasteiger partial charge in [-0.1, -0.05) is 12.1 Å². The number of carboxylic acids is 1. The van der Waals surface area contributed by atoms with E-state index in [9.17, 15) is 9.59 Å². The molecule has 2 amide bonds. The fourth-order valence-electron chi connectivity index (χ4n) is 2.59. The van der Waals surface area contributed by atoms with Crippen molar-refractivity contribution in [2.75, 3.05) is 13.6 Å². The van der Waals surface area contributed by atoms with Gasteiger partial charge in [0.05, 0.1) is 11.4 Å². The summed E-state index contributed by atoms with van der Waals surface area (Å²) in [5.74, 6) is -0.858. The minimum atomic E-state index is -0.858. The summed E-state index contributed by atoms with van der Waals surface area (Å²) in [7, 11) is 1.71. The number of benzene rings is 1. The summed E-state index contributed by atoms with van der Waals surface area (Å²) < 4.78 is 1.88. The van der Waals surface area contributed by atoms with E-state index in [1.807, 2.05) is 48.9 Å². The first-order valence-electron chi connectivity index (χ1n) is 8.20. The van der Waals surface area contributed by atoms with E-state index in [-0.39, 0.29) is 12.5 Å². The molecule has 2 rings (SSSR count). The van der Waals surface area contributed by atoms with Crippen LogP contribution in [0, 0.1) is 13.8 Å². The standard InChI is InChI=1S/C18H24N4O3/c1-13-10-14(2)22(20-13)16-7-4-6-15(11-16)12-21(3)18(25)19-9-5-8-17(23)24/h4,6-7,10-11H,5,8-9,12H2,1-3H3,(H,19,25)(H,23,24). The number of nitrogens with one attached hydrogen (secondary N) is 1. The second kappa shape index (κ2) is 8.32. The van der Waals surface area contributed by atoms with E-state index in [2.05, 4.69) is 10.4 Å². The number of hydrogen-bond donors (Lipinski definition) is 2. The van der Waals surface area contributed by atoms with Crippen LogP contribution >= 0.6 is 0 Å². The van der Waals surface area contributed by atoms with Crippen LogP contribution in [0.5, 0.6) is 0 Å². The first-order valence-corrected chi connectivity index (χ1v) is 8.20. The predicted molar refractivity (Wildman–Crippen MR) is 94.8 cm³/mol. The minimum Gasteiger partial charge on any atom is -0.481 e. The van der Waals surface area contributed by atoms with E-state index >= 15 is 0 Å². The zero-order valence-electron chi connectivity index (χ0n) is 14.8. The molecule has 0 aliphatic carbocycles. The van der Waals surface area contributed by atoms with Gasteiger partial charge in [0.15, 0.2) is 0 Å². The summed E-state index contributed by atoms with van der Waals surface area (Å²) in [6, 6.07) is 9.69. The lowest BCUT2D eigenvalue weighted by Gasteiger charge is -2.18. The van der Waals surface area contributed by atoms with Crippen LogP contribution in [0.3, 0.4) is 0 Å². The third-order valence-electron chi connectivity index (χ3n) is 3.77. The molecule has 2 aromatic rings. The van der Waals surface area contributed by atoms with Crippen molar-refractivity contribution in [2.45, 2.75) is 33.2 Å². The maximum atomic E-state index is 12.1. The van der Waals surface area contributed by atoms with Gasteiger partial charge >= 0.3 is 12.0 Å². The lowest BCUT2D eigenvalue weighted by atomic mass is 10.2. The molecule has 0 spiro atoms. The topological polar surface area (TPSA) is 87.5 Å². The van der Waals surface area contributed by atoms with Crippen LogP contribution in [0.25, 0.3) is 5.69 Å². The molecule has 0 unspecified atom stereocenters. The number of amides is 2. The molecular formula is C18H24N4O3. The SMILES string of the molecule is Cc1cc(C)n(-c2cccc(CN(C)C(=O)NCCCC(=O)O)c2)n1. The van der Waals surface area contributed by atoms with Gasteiger partial charge < -0.3 is 15.3 Å². The molecule has 1 aromatic carbocycles. The van der Waals surface area contributed by atoms with Gasteiger partial charge in [0, 0.05) is 32.3 Å². The average Bonchev–Trinajstić information content (AvgIpc) is 2.90. The molecule has 0 aliphatic rings. The van der Waals surface area contributed by atoms with E-state index in [1.165, 1.54) is 0 Å². The number of rotatable bonds is 7. The number of carboxylic acid groups (broad SMARTS) is 1. The molecule has 7 heteroatoms. The Morgan fingerprint density at radius 2 is 2.04 bits per heavy atom. The molecule has 1 heterocycles. The molecule has 0 fully saturated rings. The van der Waals surface area contributed by atoms with Crippen molar-refractivity contribution in [3.8, 4) is 5.69 Å². The number of hydrogen-bond acceptors (Lipinski definition) is 3. The molecule has 0 radical (unpaired) electrons. The number of aryl methyl sites for hydroxylation is 2. The number of aromatic nitrogens is 2. The van der Waals surface area contributed by atoms with Crippen LogP contribution in [-0.2, 0) is 11.3 Å². The van der Waals surface area contributed by atoms with Crippen LogP contribution in [0.1, 0.15) is 29.8 Å². The Hall–Kier alpha value is -2.83. The van der Waals surface area contributed by atoms with Gasteiger partial charge in [0.25, 0.3) is 0 Å². The largest absolute Gasteiger partial charge is 0.481 e. The van der Waals surface area contributed by atoms with E-state index < -0.39 is 5.97 Å². The van der Waals surface area contributed by atoms with Crippen LogP contribution in [0.15, 0.2) is 30.3 Å². The molecule has 0 saturated heterocycles. The van der Waals surface area contributed by atoms with Crippen molar-refractivity contribution in [3.63, 3.8) is 0 Å². The Labute approximate surface area is 147 Å². The summed E-state index contributed by atoms with van der Waals surface area (Å²) in [6.07, 6.45) is 0.469. The Morgan fingerprint density at radius 1 is 1.28 bits per heavy atom. The van der Waals surface area contributed by atoms with Crippen LogP contribution in [0.2, 0.25) is 0 Å². The lowest BCUT2D eigenvalue weighted by Crippen LogP contribution is -2.37. The lowest BCUT2D eigenvalue weighted by molar-refractivity contribution is -0.137. The summed E-state index contributed by atoms with van der Waals surface area (Å²) in [5.41, 5.74) is 3.96. The first kappa shape index (κ1) is 18.5. The van der Waals surface area contributed by atoms with Crippen molar-refractivity contribution in [1.29, 1.82) is 0 Å². The molecule has 0 bridgehead atoms. The summed E-state index contributed by atoms with van der Waals surface area (Å²) in [4.78, 5) is 24.1.